The van der Waals surface area contributed by atoms with Gasteiger partial charge >= 0.3 is 0 Å². The van der Waals surface area contributed by atoms with E-state index in [1.54, 1.807) is 12.5 Å². The zero-order valence-corrected chi connectivity index (χ0v) is 12.9. The minimum absolute atomic E-state index is 0.172. The number of amides is 1. The molecule has 3 rings (SSSR count). The molecule has 0 aliphatic heterocycles. The highest BCUT2D eigenvalue weighted by molar-refractivity contribution is 7.99. The van der Waals surface area contributed by atoms with Gasteiger partial charge in [-0.2, -0.15) is 0 Å². The number of benzene rings is 1. The highest BCUT2D eigenvalue weighted by Gasteiger charge is 2.09. The first-order chi connectivity index (χ1) is 11.2. The van der Waals surface area contributed by atoms with Crippen molar-refractivity contribution in [3.05, 3.63) is 66.6 Å². The first-order valence-electron chi connectivity index (χ1n) is 6.92. The largest absolute Gasteiger partial charge is 0.467 e. The Morgan fingerprint density at radius 1 is 1.30 bits per heavy atom. The van der Waals surface area contributed by atoms with E-state index in [4.69, 9.17) is 4.42 Å². The number of aromatic nitrogens is 2. The maximum absolute atomic E-state index is 12.8. The molecule has 5 nitrogen and oxygen atoms in total. The SMILES string of the molecule is O=C(CSc1nccn1Cc1ccco1)Nc1ccc(F)cc1. The molecule has 2 aromatic heterocycles. The number of thioether (sulfide) groups is 1. The van der Waals surface area contributed by atoms with E-state index in [-0.39, 0.29) is 17.5 Å². The van der Waals surface area contributed by atoms with E-state index in [0.717, 1.165) is 10.9 Å². The lowest BCUT2D eigenvalue weighted by molar-refractivity contribution is -0.113. The highest BCUT2D eigenvalue weighted by Crippen LogP contribution is 2.18. The van der Waals surface area contributed by atoms with Crippen molar-refractivity contribution in [1.82, 2.24) is 9.55 Å². The average Bonchev–Trinajstić information content (AvgIpc) is 3.20. The number of carbonyl (C=O) groups excluding carboxylic acids is 1. The Hall–Kier alpha value is -2.54. The number of carbonyl (C=O) groups is 1. The third-order valence-electron chi connectivity index (χ3n) is 3.04. The zero-order chi connectivity index (χ0) is 16.1. The van der Waals surface area contributed by atoms with Gasteiger partial charge in [-0.15, -0.1) is 0 Å². The van der Waals surface area contributed by atoms with E-state index in [2.05, 4.69) is 10.3 Å². The van der Waals surface area contributed by atoms with E-state index in [0.29, 0.717) is 12.2 Å². The van der Waals surface area contributed by atoms with Crippen LogP contribution in [0.2, 0.25) is 0 Å². The molecule has 0 unspecified atom stereocenters. The monoisotopic (exact) mass is 331 g/mol. The van der Waals surface area contributed by atoms with Crippen LogP contribution in [0.1, 0.15) is 5.76 Å². The van der Waals surface area contributed by atoms with Crippen molar-refractivity contribution in [2.75, 3.05) is 11.1 Å². The molecular formula is C16H14FN3O2S. The van der Waals surface area contributed by atoms with Gasteiger partial charge < -0.3 is 14.3 Å². The molecule has 2 heterocycles. The fraction of sp³-hybridized carbons (Fsp3) is 0.125. The Morgan fingerprint density at radius 3 is 2.87 bits per heavy atom. The Balaban J connectivity index is 1.55. The molecule has 0 bridgehead atoms. The molecule has 0 saturated heterocycles. The van der Waals surface area contributed by atoms with E-state index >= 15 is 0 Å². The molecule has 7 heteroatoms. The second kappa shape index (κ2) is 7.15. The van der Waals surface area contributed by atoms with Gasteiger partial charge in [0.25, 0.3) is 0 Å². The van der Waals surface area contributed by atoms with Gasteiger partial charge in [-0.05, 0) is 36.4 Å². The molecule has 0 aliphatic carbocycles. The van der Waals surface area contributed by atoms with Gasteiger partial charge in [0, 0.05) is 18.1 Å². The van der Waals surface area contributed by atoms with Crippen LogP contribution in [0.25, 0.3) is 0 Å². The summed E-state index contributed by atoms with van der Waals surface area (Å²) in [5.41, 5.74) is 0.566. The second-order valence-corrected chi connectivity index (χ2v) is 5.70. The summed E-state index contributed by atoms with van der Waals surface area (Å²) in [5.74, 6) is 0.527. The summed E-state index contributed by atoms with van der Waals surface area (Å²) in [6, 6.07) is 9.37. The third kappa shape index (κ3) is 4.23. The minimum Gasteiger partial charge on any atom is -0.467 e. The van der Waals surface area contributed by atoms with E-state index in [9.17, 15) is 9.18 Å². The molecule has 0 atom stereocenters. The molecule has 1 amide bonds. The topological polar surface area (TPSA) is 60.1 Å². The normalized spacial score (nSPS) is 10.7. The Labute approximate surface area is 136 Å². The fourth-order valence-corrected chi connectivity index (χ4v) is 2.75. The summed E-state index contributed by atoms with van der Waals surface area (Å²) in [7, 11) is 0. The van der Waals surface area contributed by atoms with Crippen LogP contribution in [0.3, 0.4) is 0 Å². The van der Waals surface area contributed by atoms with Crippen molar-refractivity contribution in [1.29, 1.82) is 0 Å². The molecule has 3 aromatic rings. The summed E-state index contributed by atoms with van der Waals surface area (Å²) in [5, 5.41) is 3.45. The summed E-state index contributed by atoms with van der Waals surface area (Å²) in [4.78, 5) is 16.2. The standard InChI is InChI=1S/C16H14FN3O2S/c17-12-3-5-13(6-4-12)19-15(21)11-23-16-18-7-8-20(16)10-14-2-1-9-22-14/h1-9H,10-11H2,(H,19,21). The van der Waals surface area contributed by atoms with Gasteiger partial charge in [-0.1, -0.05) is 11.8 Å². The van der Waals surface area contributed by atoms with Gasteiger partial charge in [0.1, 0.15) is 11.6 Å². The van der Waals surface area contributed by atoms with E-state index in [1.165, 1.54) is 36.0 Å². The number of nitrogens with one attached hydrogen (secondary N) is 1. The summed E-state index contributed by atoms with van der Waals surface area (Å²) in [6.45, 7) is 0.564. The number of rotatable bonds is 6. The zero-order valence-electron chi connectivity index (χ0n) is 12.1. The molecule has 1 N–H and O–H groups in total. The lowest BCUT2D eigenvalue weighted by Crippen LogP contribution is -2.14. The van der Waals surface area contributed by atoms with Gasteiger partial charge in [0.05, 0.1) is 18.6 Å². The van der Waals surface area contributed by atoms with Crippen LogP contribution in [0.5, 0.6) is 0 Å². The number of anilines is 1. The van der Waals surface area contributed by atoms with Crippen molar-refractivity contribution in [2.24, 2.45) is 0 Å². The van der Waals surface area contributed by atoms with Gasteiger partial charge in [-0.25, -0.2) is 9.37 Å². The second-order valence-electron chi connectivity index (χ2n) is 4.76. The Morgan fingerprint density at radius 2 is 2.13 bits per heavy atom. The number of furan rings is 1. The van der Waals surface area contributed by atoms with E-state index < -0.39 is 0 Å². The van der Waals surface area contributed by atoms with Crippen molar-refractivity contribution in [3.63, 3.8) is 0 Å². The highest BCUT2D eigenvalue weighted by atomic mass is 32.2. The van der Waals surface area contributed by atoms with Crippen LogP contribution < -0.4 is 5.32 Å². The predicted octanol–water partition coefficient (Wildman–Crippen LogP) is 3.39. The summed E-state index contributed by atoms with van der Waals surface area (Å²) < 4.78 is 20.0. The lowest BCUT2D eigenvalue weighted by atomic mass is 10.3. The van der Waals surface area contributed by atoms with Crippen LogP contribution in [-0.4, -0.2) is 21.2 Å². The number of imidazole rings is 1. The van der Waals surface area contributed by atoms with Gasteiger partial charge in [-0.3, -0.25) is 4.79 Å². The predicted molar refractivity (Wildman–Crippen MR) is 85.8 cm³/mol. The molecular weight excluding hydrogens is 317 g/mol. The average molecular weight is 331 g/mol. The van der Waals surface area contributed by atoms with Crippen molar-refractivity contribution >= 4 is 23.4 Å². The maximum Gasteiger partial charge on any atom is 0.234 e. The quantitative estimate of drug-likeness (QED) is 0.703. The van der Waals surface area contributed by atoms with Crippen molar-refractivity contribution in [3.8, 4) is 0 Å². The van der Waals surface area contributed by atoms with Gasteiger partial charge in [0.2, 0.25) is 5.91 Å². The van der Waals surface area contributed by atoms with E-state index in [1.807, 2.05) is 22.9 Å². The number of halogens is 1. The summed E-state index contributed by atoms with van der Waals surface area (Å²) >= 11 is 1.33. The maximum atomic E-state index is 12.8. The first-order valence-corrected chi connectivity index (χ1v) is 7.91. The number of nitrogens with zero attached hydrogens (tertiary/aromatic N) is 2. The first kappa shape index (κ1) is 15.4. The van der Waals surface area contributed by atoms with Gasteiger partial charge in [0.15, 0.2) is 5.16 Å². The fourth-order valence-electron chi connectivity index (χ4n) is 1.99. The minimum atomic E-state index is -0.336. The molecule has 0 aliphatic rings. The molecule has 118 valence electrons. The number of hydrogen-bond acceptors (Lipinski definition) is 4. The van der Waals surface area contributed by atoms with Crippen molar-refractivity contribution in [2.45, 2.75) is 11.7 Å². The molecule has 0 radical (unpaired) electrons. The molecule has 0 spiro atoms. The van der Waals surface area contributed by atoms with Crippen LogP contribution >= 0.6 is 11.8 Å². The summed E-state index contributed by atoms with van der Waals surface area (Å²) in [6.07, 6.45) is 5.14. The number of hydrogen-bond donors (Lipinski definition) is 1. The third-order valence-corrected chi connectivity index (χ3v) is 4.05. The van der Waals surface area contributed by atoms with Crippen LogP contribution in [0.4, 0.5) is 10.1 Å². The van der Waals surface area contributed by atoms with Crippen LogP contribution in [0, 0.1) is 5.82 Å². The molecule has 0 fully saturated rings. The molecule has 23 heavy (non-hydrogen) atoms. The smallest absolute Gasteiger partial charge is 0.234 e. The Kier molecular flexibility index (Phi) is 4.77. The van der Waals surface area contributed by atoms with Crippen LogP contribution in [-0.2, 0) is 11.3 Å². The van der Waals surface area contributed by atoms with Crippen LogP contribution in [0.15, 0.2) is 64.6 Å². The Bertz CT molecular complexity index is 769. The molecule has 1 aromatic carbocycles. The molecule has 0 saturated carbocycles. The van der Waals surface area contributed by atoms with Crippen molar-refractivity contribution < 1.29 is 13.6 Å². The lowest BCUT2D eigenvalue weighted by Gasteiger charge is -2.07.